The number of aromatic nitrogens is 1. The zero-order valence-corrected chi connectivity index (χ0v) is 13.2. The molecule has 0 amide bonds. The second kappa shape index (κ2) is 7.07. The van der Waals surface area contributed by atoms with Crippen molar-refractivity contribution in [2.45, 2.75) is 52.7 Å². The van der Waals surface area contributed by atoms with Crippen LogP contribution in [0.5, 0.6) is 5.75 Å². The van der Waals surface area contributed by atoms with Gasteiger partial charge in [-0.15, -0.1) is 0 Å². The lowest BCUT2D eigenvalue weighted by molar-refractivity contribution is 0.0450. The lowest BCUT2D eigenvalue weighted by Gasteiger charge is -2.37. The van der Waals surface area contributed by atoms with Crippen molar-refractivity contribution in [3.8, 4) is 5.75 Å². The van der Waals surface area contributed by atoms with E-state index < -0.39 is 0 Å². The lowest BCUT2D eigenvalue weighted by Crippen LogP contribution is -2.36. The smallest absolute Gasteiger partial charge is 0.142 e. The fourth-order valence-corrected chi connectivity index (χ4v) is 3.26. The summed E-state index contributed by atoms with van der Waals surface area (Å²) in [6.07, 6.45) is 7.81. The highest BCUT2D eigenvalue weighted by molar-refractivity contribution is 5.30. The third kappa shape index (κ3) is 3.72. The molecule has 3 nitrogen and oxygen atoms in total. The van der Waals surface area contributed by atoms with Crippen molar-refractivity contribution in [1.29, 1.82) is 0 Å². The lowest BCUT2D eigenvalue weighted by atomic mass is 9.75. The maximum Gasteiger partial charge on any atom is 0.142 e. The van der Waals surface area contributed by atoms with E-state index in [2.05, 4.69) is 31.1 Å². The molecule has 1 heterocycles. The van der Waals surface area contributed by atoms with Gasteiger partial charge in [0.05, 0.1) is 6.20 Å². The fourth-order valence-electron chi connectivity index (χ4n) is 3.26. The molecule has 1 fully saturated rings. The predicted octanol–water partition coefficient (Wildman–Crippen LogP) is 3.64. The molecule has 0 bridgehead atoms. The Bertz CT molecular complexity index is 419. The van der Waals surface area contributed by atoms with Crippen molar-refractivity contribution in [2.75, 3.05) is 7.05 Å². The zero-order valence-electron chi connectivity index (χ0n) is 13.2. The van der Waals surface area contributed by atoms with Gasteiger partial charge in [0.15, 0.2) is 0 Å². The Morgan fingerprint density at radius 3 is 2.90 bits per heavy atom. The topological polar surface area (TPSA) is 34.2 Å². The van der Waals surface area contributed by atoms with Gasteiger partial charge < -0.3 is 10.1 Å². The van der Waals surface area contributed by atoms with Crippen LogP contribution in [0.2, 0.25) is 0 Å². The number of hydrogen-bond donors (Lipinski definition) is 1. The highest BCUT2D eigenvalue weighted by Gasteiger charge is 2.32. The van der Waals surface area contributed by atoms with Crippen LogP contribution in [0.15, 0.2) is 18.5 Å². The molecule has 1 aromatic heterocycles. The van der Waals surface area contributed by atoms with E-state index in [1.807, 2.05) is 25.5 Å². The number of ether oxygens (including phenoxy) is 1. The van der Waals surface area contributed by atoms with Gasteiger partial charge in [0, 0.05) is 18.3 Å². The van der Waals surface area contributed by atoms with E-state index in [4.69, 9.17) is 4.74 Å². The van der Waals surface area contributed by atoms with E-state index >= 15 is 0 Å². The van der Waals surface area contributed by atoms with Crippen molar-refractivity contribution in [3.05, 3.63) is 24.0 Å². The molecule has 20 heavy (non-hydrogen) atoms. The van der Waals surface area contributed by atoms with Gasteiger partial charge in [-0.3, -0.25) is 4.98 Å². The van der Waals surface area contributed by atoms with Crippen LogP contribution in [0, 0.1) is 17.8 Å². The minimum atomic E-state index is 0.332. The van der Waals surface area contributed by atoms with Crippen LogP contribution >= 0.6 is 0 Å². The summed E-state index contributed by atoms with van der Waals surface area (Å²) in [5.41, 5.74) is 1.20. The standard InChI is InChI=1S/C17H28N2O/c1-12(2)15-6-5-13(3)9-16(15)20-17-11-19-8-7-14(17)10-18-4/h7-8,11-13,15-16,18H,5-6,9-10H2,1-4H3. The summed E-state index contributed by atoms with van der Waals surface area (Å²) in [6.45, 7) is 7.79. The van der Waals surface area contributed by atoms with E-state index in [-0.39, 0.29) is 0 Å². The average molecular weight is 276 g/mol. The maximum atomic E-state index is 6.38. The molecule has 1 aliphatic rings. The van der Waals surface area contributed by atoms with E-state index in [0.717, 1.165) is 24.6 Å². The minimum absolute atomic E-state index is 0.332. The Morgan fingerprint density at radius 1 is 1.40 bits per heavy atom. The van der Waals surface area contributed by atoms with Gasteiger partial charge in [0.1, 0.15) is 11.9 Å². The van der Waals surface area contributed by atoms with Crippen LogP contribution in [0.25, 0.3) is 0 Å². The molecule has 0 spiro atoms. The largest absolute Gasteiger partial charge is 0.488 e. The molecule has 3 unspecified atom stereocenters. The third-order valence-electron chi connectivity index (χ3n) is 4.48. The molecule has 1 aromatic rings. The first kappa shape index (κ1) is 15.3. The average Bonchev–Trinajstić information content (AvgIpc) is 2.41. The summed E-state index contributed by atoms with van der Waals surface area (Å²) in [4.78, 5) is 4.23. The molecule has 2 rings (SSSR count). The summed E-state index contributed by atoms with van der Waals surface area (Å²) >= 11 is 0. The van der Waals surface area contributed by atoms with Gasteiger partial charge in [0.25, 0.3) is 0 Å². The summed E-state index contributed by atoms with van der Waals surface area (Å²) in [5.74, 6) is 3.05. The van der Waals surface area contributed by atoms with Gasteiger partial charge in [-0.05, 0) is 43.7 Å². The van der Waals surface area contributed by atoms with E-state index in [1.165, 1.54) is 18.4 Å². The molecule has 0 saturated heterocycles. The molecule has 112 valence electrons. The summed E-state index contributed by atoms with van der Waals surface area (Å²) < 4.78 is 6.38. The van der Waals surface area contributed by atoms with E-state index in [1.54, 1.807) is 0 Å². The number of nitrogens with zero attached hydrogens (tertiary/aromatic N) is 1. The highest BCUT2D eigenvalue weighted by Crippen LogP contribution is 2.36. The Kier molecular flexibility index (Phi) is 5.41. The fraction of sp³-hybridized carbons (Fsp3) is 0.706. The quantitative estimate of drug-likeness (QED) is 0.891. The molecule has 0 aromatic carbocycles. The second-order valence-corrected chi connectivity index (χ2v) is 6.50. The first-order chi connectivity index (χ1) is 9.61. The number of nitrogens with one attached hydrogen (secondary N) is 1. The van der Waals surface area contributed by atoms with Crippen LogP contribution in [0.1, 0.15) is 45.6 Å². The molecule has 3 heteroatoms. The Hall–Kier alpha value is -1.09. The number of rotatable bonds is 5. The molecular weight excluding hydrogens is 248 g/mol. The second-order valence-electron chi connectivity index (χ2n) is 6.50. The van der Waals surface area contributed by atoms with Crippen LogP contribution < -0.4 is 10.1 Å². The molecule has 0 aliphatic heterocycles. The Morgan fingerprint density at radius 2 is 2.20 bits per heavy atom. The van der Waals surface area contributed by atoms with Crippen molar-refractivity contribution >= 4 is 0 Å². The Labute approximate surface area is 123 Å². The first-order valence-corrected chi connectivity index (χ1v) is 7.86. The van der Waals surface area contributed by atoms with Crippen LogP contribution in [0.4, 0.5) is 0 Å². The van der Waals surface area contributed by atoms with Crippen LogP contribution in [-0.2, 0) is 6.54 Å². The van der Waals surface area contributed by atoms with Gasteiger partial charge in [-0.25, -0.2) is 0 Å². The van der Waals surface area contributed by atoms with Crippen molar-refractivity contribution in [2.24, 2.45) is 17.8 Å². The van der Waals surface area contributed by atoms with Crippen molar-refractivity contribution in [1.82, 2.24) is 10.3 Å². The van der Waals surface area contributed by atoms with E-state index in [0.29, 0.717) is 17.9 Å². The van der Waals surface area contributed by atoms with Crippen molar-refractivity contribution in [3.63, 3.8) is 0 Å². The third-order valence-corrected chi connectivity index (χ3v) is 4.48. The van der Waals surface area contributed by atoms with Gasteiger partial charge in [0.2, 0.25) is 0 Å². The molecule has 0 radical (unpaired) electrons. The van der Waals surface area contributed by atoms with Gasteiger partial charge in [-0.1, -0.05) is 27.2 Å². The molecular formula is C17H28N2O. The molecule has 1 aliphatic carbocycles. The summed E-state index contributed by atoms with van der Waals surface area (Å²) in [5, 5.41) is 3.20. The molecule has 1 saturated carbocycles. The van der Waals surface area contributed by atoms with Gasteiger partial charge >= 0.3 is 0 Å². The maximum absolute atomic E-state index is 6.38. The number of pyridine rings is 1. The molecule has 1 N–H and O–H groups in total. The highest BCUT2D eigenvalue weighted by atomic mass is 16.5. The first-order valence-electron chi connectivity index (χ1n) is 7.86. The van der Waals surface area contributed by atoms with Crippen LogP contribution in [0.3, 0.4) is 0 Å². The van der Waals surface area contributed by atoms with Crippen molar-refractivity contribution < 1.29 is 4.74 Å². The normalized spacial score (nSPS) is 26.8. The summed E-state index contributed by atoms with van der Waals surface area (Å²) in [7, 11) is 1.96. The van der Waals surface area contributed by atoms with Gasteiger partial charge in [-0.2, -0.15) is 0 Å². The SMILES string of the molecule is CNCc1ccncc1OC1CC(C)CCC1C(C)C. The van der Waals surface area contributed by atoms with E-state index in [9.17, 15) is 0 Å². The predicted molar refractivity (Wildman–Crippen MR) is 82.8 cm³/mol. The monoisotopic (exact) mass is 276 g/mol. The van der Waals surface area contributed by atoms with Crippen LogP contribution in [-0.4, -0.2) is 18.1 Å². The Balaban J connectivity index is 2.13. The minimum Gasteiger partial charge on any atom is -0.488 e. The number of hydrogen-bond acceptors (Lipinski definition) is 3. The molecule has 3 atom stereocenters. The zero-order chi connectivity index (χ0) is 14.5. The summed E-state index contributed by atoms with van der Waals surface area (Å²) in [6, 6.07) is 2.04.